The third-order valence-electron chi connectivity index (χ3n) is 6.13. The number of benzene rings is 1. The highest BCUT2D eigenvalue weighted by Gasteiger charge is 2.24. The highest BCUT2D eigenvalue weighted by atomic mass is 32.1. The molecule has 170 valence electrons. The lowest BCUT2D eigenvalue weighted by molar-refractivity contribution is 0.415. The predicted octanol–water partition coefficient (Wildman–Crippen LogP) is 6.68. The van der Waals surface area contributed by atoms with Crippen molar-refractivity contribution >= 4 is 17.0 Å². The van der Waals surface area contributed by atoms with E-state index >= 15 is 0 Å². The Bertz CT molecular complexity index is 1050. The molecule has 1 aliphatic heterocycles. The van der Waals surface area contributed by atoms with Crippen LogP contribution in [0.4, 0.5) is 0 Å². The topological polar surface area (TPSA) is 52.3 Å². The number of ether oxygens (including phenoxy) is 1. The number of hydrogen-bond acceptors (Lipinski definition) is 5. The summed E-state index contributed by atoms with van der Waals surface area (Å²) in [7, 11) is 1.70. The first-order chi connectivity index (χ1) is 15.7. The van der Waals surface area contributed by atoms with Gasteiger partial charge in [-0.05, 0) is 50.1 Å². The monoisotopic (exact) mass is 450 g/mol. The zero-order valence-electron chi connectivity index (χ0n) is 19.6. The standard InChI is InChI=1S/C26H34N4OS/c1-4-5-6-7-8-9-10-11-12-22-17-23-25(20-13-15-21(31-3)16-14-20)27-18-24-29-28-19(2)30(24)26(23)32-22/h13-17H,4-12,18H2,1-3H3. The van der Waals surface area contributed by atoms with Crippen molar-refractivity contribution in [1.29, 1.82) is 0 Å². The summed E-state index contributed by atoms with van der Waals surface area (Å²) >= 11 is 1.87. The summed E-state index contributed by atoms with van der Waals surface area (Å²) < 4.78 is 7.53. The van der Waals surface area contributed by atoms with E-state index in [1.807, 2.05) is 30.4 Å². The van der Waals surface area contributed by atoms with E-state index in [0.717, 1.165) is 35.1 Å². The molecule has 0 saturated heterocycles. The van der Waals surface area contributed by atoms with Gasteiger partial charge in [-0.3, -0.25) is 9.56 Å². The molecule has 0 bridgehead atoms. The Hall–Kier alpha value is -2.47. The summed E-state index contributed by atoms with van der Waals surface area (Å²) in [6, 6.07) is 10.5. The largest absolute Gasteiger partial charge is 0.497 e. The van der Waals surface area contributed by atoms with Gasteiger partial charge in [0.15, 0.2) is 5.82 Å². The number of nitrogens with zero attached hydrogens (tertiary/aromatic N) is 4. The van der Waals surface area contributed by atoms with Gasteiger partial charge >= 0.3 is 0 Å². The Morgan fingerprint density at radius 1 is 0.969 bits per heavy atom. The van der Waals surface area contributed by atoms with E-state index in [-0.39, 0.29) is 0 Å². The molecule has 5 nitrogen and oxygen atoms in total. The van der Waals surface area contributed by atoms with Crippen LogP contribution >= 0.6 is 11.3 Å². The molecule has 0 N–H and O–H groups in total. The normalized spacial score (nSPS) is 12.8. The first-order valence-corrected chi connectivity index (χ1v) is 12.8. The van der Waals surface area contributed by atoms with Crippen LogP contribution in [0.5, 0.6) is 5.75 Å². The zero-order valence-corrected chi connectivity index (χ0v) is 20.4. The molecule has 0 fully saturated rings. The van der Waals surface area contributed by atoms with Crippen LogP contribution in [-0.4, -0.2) is 27.6 Å². The van der Waals surface area contributed by atoms with Crippen LogP contribution in [0.15, 0.2) is 35.3 Å². The Balaban J connectivity index is 1.51. The van der Waals surface area contributed by atoms with Crippen molar-refractivity contribution in [1.82, 2.24) is 14.8 Å². The van der Waals surface area contributed by atoms with E-state index in [1.54, 1.807) is 7.11 Å². The minimum absolute atomic E-state index is 0.539. The van der Waals surface area contributed by atoms with E-state index < -0.39 is 0 Å². The number of aromatic nitrogens is 3. The number of rotatable bonds is 11. The molecule has 0 aliphatic carbocycles. The lowest BCUT2D eigenvalue weighted by Crippen LogP contribution is -2.05. The van der Waals surface area contributed by atoms with Crippen LogP contribution in [-0.2, 0) is 13.0 Å². The molecule has 1 aliphatic rings. The van der Waals surface area contributed by atoms with Crippen molar-refractivity contribution < 1.29 is 4.74 Å². The van der Waals surface area contributed by atoms with Gasteiger partial charge in [-0.25, -0.2) is 0 Å². The van der Waals surface area contributed by atoms with E-state index in [4.69, 9.17) is 9.73 Å². The lowest BCUT2D eigenvalue weighted by Gasteiger charge is -2.08. The maximum atomic E-state index is 5.34. The van der Waals surface area contributed by atoms with Gasteiger partial charge in [0.1, 0.15) is 23.1 Å². The van der Waals surface area contributed by atoms with Crippen LogP contribution in [0.25, 0.3) is 5.00 Å². The number of unbranched alkanes of at least 4 members (excludes halogenated alkanes) is 7. The van der Waals surface area contributed by atoms with Crippen molar-refractivity contribution in [2.45, 2.75) is 78.2 Å². The molecule has 1 aromatic carbocycles. The van der Waals surface area contributed by atoms with E-state index in [0.29, 0.717) is 6.54 Å². The van der Waals surface area contributed by atoms with E-state index in [1.165, 1.54) is 66.8 Å². The van der Waals surface area contributed by atoms with Crippen LogP contribution in [0, 0.1) is 6.92 Å². The molecule has 0 atom stereocenters. The van der Waals surface area contributed by atoms with Gasteiger partial charge in [-0.1, -0.05) is 51.9 Å². The number of hydrogen-bond donors (Lipinski definition) is 0. The summed E-state index contributed by atoms with van der Waals surface area (Å²) in [6.45, 7) is 4.84. The number of thiophene rings is 1. The Morgan fingerprint density at radius 3 is 2.41 bits per heavy atom. The van der Waals surface area contributed by atoms with E-state index in [2.05, 4.69) is 39.9 Å². The predicted molar refractivity (Wildman–Crippen MR) is 133 cm³/mol. The fourth-order valence-electron chi connectivity index (χ4n) is 4.33. The summed E-state index contributed by atoms with van der Waals surface area (Å²) in [4.78, 5) is 6.38. The van der Waals surface area contributed by atoms with Crippen molar-refractivity contribution in [3.63, 3.8) is 0 Å². The number of methoxy groups -OCH3 is 1. The second kappa shape index (κ2) is 10.9. The Labute approximate surface area is 195 Å². The number of aliphatic imine (C=N–C) groups is 1. The smallest absolute Gasteiger partial charge is 0.160 e. The van der Waals surface area contributed by atoms with Gasteiger partial charge in [0.2, 0.25) is 0 Å². The fourth-order valence-corrected chi connectivity index (χ4v) is 5.59. The third kappa shape index (κ3) is 5.12. The average molecular weight is 451 g/mol. The molecule has 6 heteroatoms. The van der Waals surface area contributed by atoms with Gasteiger partial charge in [0, 0.05) is 16.0 Å². The Morgan fingerprint density at radius 2 is 1.69 bits per heavy atom. The van der Waals surface area contributed by atoms with Gasteiger partial charge in [-0.15, -0.1) is 21.5 Å². The molecule has 32 heavy (non-hydrogen) atoms. The molecular weight excluding hydrogens is 416 g/mol. The van der Waals surface area contributed by atoms with Gasteiger partial charge in [0.25, 0.3) is 0 Å². The SMILES string of the molecule is CCCCCCCCCCc1cc2c(s1)-n1c(C)nnc1CN=C2c1ccc(OC)cc1. The second-order valence-electron chi connectivity index (χ2n) is 8.55. The molecule has 0 radical (unpaired) electrons. The quantitative estimate of drug-likeness (QED) is 0.306. The molecular formula is C26H34N4OS. The molecule has 0 saturated carbocycles. The minimum atomic E-state index is 0.539. The highest BCUT2D eigenvalue weighted by molar-refractivity contribution is 7.15. The highest BCUT2D eigenvalue weighted by Crippen LogP contribution is 2.34. The van der Waals surface area contributed by atoms with Crippen LogP contribution in [0.2, 0.25) is 0 Å². The third-order valence-corrected chi connectivity index (χ3v) is 7.31. The average Bonchev–Trinajstić information content (AvgIpc) is 3.35. The summed E-state index contributed by atoms with van der Waals surface area (Å²) in [5.41, 5.74) is 3.34. The molecule has 0 unspecified atom stereocenters. The second-order valence-corrected chi connectivity index (χ2v) is 9.66. The lowest BCUT2D eigenvalue weighted by atomic mass is 10.0. The van der Waals surface area contributed by atoms with Crippen LogP contribution in [0.3, 0.4) is 0 Å². The van der Waals surface area contributed by atoms with Crippen molar-refractivity contribution in [3.05, 3.63) is 58.0 Å². The van der Waals surface area contributed by atoms with Gasteiger partial charge in [-0.2, -0.15) is 0 Å². The van der Waals surface area contributed by atoms with Crippen molar-refractivity contribution in [2.24, 2.45) is 4.99 Å². The number of fused-ring (bicyclic) bond motifs is 3. The van der Waals surface area contributed by atoms with Crippen molar-refractivity contribution in [3.8, 4) is 10.8 Å². The van der Waals surface area contributed by atoms with Crippen LogP contribution in [0.1, 0.15) is 85.9 Å². The molecule has 0 spiro atoms. The molecule has 3 heterocycles. The molecule has 0 amide bonds. The minimum Gasteiger partial charge on any atom is -0.497 e. The van der Waals surface area contributed by atoms with E-state index in [9.17, 15) is 0 Å². The van der Waals surface area contributed by atoms with Crippen LogP contribution < -0.4 is 4.74 Å². The van der Waals surface area contributed by atoms with Gasteiger partial charge in [0.05, 0.1) is 12.8 Å². The summed E-state index contributed by atoms with van der Waals surface area (Å²) in [5, 5.41) is 9.91. The first-order valence-electron chi connectivity index (χ1n) is 11.9. The summed E-state index contributed by atoms with van der Waals surface area (Å²) in [5.74, 6) is 2.69. The number of aryl methyl sites for hydroxylation is 2. The molecule has 2 aromatic heterocycles. The van der Waals surface area contributed by atoms with Crippen molar-refractivity contribution in [2.75, 3.05) is 7.11 Å². The molecule has 4 rings (SSSR count). The molecule has 3 aromatic rings. The Kier molecular flexibility index (Phi) is 7.74. The fraction of sp³-hybridized carbons (Fsp3) is 0.500. The maximum absolute atomic E-state index is 5.34. The summed E-state index contributed by atoms with van der Waals surface area (Å²) in [6.07, 6.45) is 11.9. The van der Waals surface area contributed by atoms with Gasteiger partial charge < -0.3 is 4.74 Å². The first kappa shape index (κ1) is 22.7. The maximum Gasteiger partial charge on any atom is 0.160 e. The zero-order chi connectivity index (χ0) is 22.3.